The number of benzene rings is 1. The fourth-order valence-corrected chi connectivity index (χ4v) is 2.39. The Bertz CT molecular complexity index is 628. The molecule has 0 heterocycles. The van der Waals surface area contributed by atoms with Crippen LogP contribution in [-0.2, 0) is 4.79 Å². The van der Waals surface area contributed by atoms with E-state index in [-0.39, 0.29) is 24.0 Å². The van der Waals surface area contributed by atoms with E-state index in [9.17, 15) is 15.2 Å². The van der Waals surface area contributed by atoms with E-state index in [1.54, 1.807) is 18.2 Å². The average molecular weight is 361 g/mol. The molecule has 0 aliphatic carbocycles. The van der Waals surface area contributed by atoms with E-state index in [0.717, 1.165) is 12.8 Å². The van der Waals surface area contributed by atoms with Crippen LogP contribution in [0.2, 0.25) is 0 Å². The van der Waals surface area contributed by atoms with Crippen molar-refractivity contribution >= 4 is 11.6 Å². The molecular weight excluding hydrogens is 330 g/mol. The molecule has 1 unspecified atom stereocenters. The van der Waals surface area contributed by atoms with Crippen LogP contribution in [0.5, 0.6) is 5.75 Å². The third-order valence-electron chi connectivity index (χ3n) is 4.02. The molecule has 1 aromatic rings. The van der Waals surface area contributed by atoms with Crippen molar-refractivity contribution in [1.82, 2.24) is 5.32 Å². The first-order valence-corrected chi connectivity index (χ1v) is 9.11. The highest BCUT2D eigenvalue weighted by atomic mass is 16.5. The molecule has 144 valence electrons. The number of ether oxygens (including phenoxy) is 1. The molecule has 6 heteroatoms. The van der Waals surface area contributed by atoms with Crippen LogP contribution in [0.4, 0.5) is 5.69 Å². The van der Waals surface area contributed by atoms with Gasteiger partial charge in [0, 0.05) is 23.7 Å². The van der Waals surface area contributed by atoms with Crippen molar-refractivity contribution in [2.45, 2.75) is 59.1 Å². The van der Waals surface area contributed by atoms with E-state index in [1.165, 1.54) is 0 Å². The molecule has 1 atom stereocenters. The van der Waals surface area contributed by atoms with E-state index >= 15 is 0 Å². The van der Waals surface area contributed by atoms with Crippen LogP contribution in [0.3, 0.4) is 0 Å². The highest BCUT2D eigenvalue weighted by Gasteiger charge is 2.16. The predicted molar refractivity (Wildman–Crippen MR) is 103 cm³/mol. The van der Waals surface area contributed by atoms with Crippen LogP contribution >= 0.6 is 0 Å². The lowest BCUT2D eigenvalue weighted by Gasteiger charge is -2.23. The van der Waals surface area contributed by atoms with Crippen molar-refractivity contribution in [3.63, 3.8) is 0 Å². The van der Waals surface area contributed by atoms with E-state index in [4.69, 9.17) is 4.74 Å². The minimum atomic E-state index is -0.685. The van der Waals surface area contributed by atoms with Crippen molar-refractivity contribution in [3.8, 4) is 11.8 Å². The minimum Gasteiger partial charge on any atom is -0.489 e. The average Bonchev–Trinajstić information content (AvgIpc) is 2.59. The van der Waals surface area contributed by atoms with Crippen molar-refractivity contribution in [2.75, 3.05) is 18.5 Å². The number of nitrogens with one attached hydrogen (secondary N) is 2. The Labute approximate surface area is 156 Å². The predicted octanol–water partition coefficient (Wildman–Crippen LogP) is 3.06. The smallest absolute Gasteiger partial charge is 0.227 e. The number of amides is 1. The minimum absolute atomic E-state index is 0.0399. The maximum absolute atomic E-state index is 12.2. The molecule has 0 aliphatic heterocycles. The van der Waals surface area contributed by atoms with E-state index in [1.807, 2.05) is 34.6 Å². The lowest BCUT2D eigenvalue weighted by molar-refractivity contribution is -0.120. The molecule has 0 aromatic heterocycles. The lowest BCUT2D eigenvalue weighted by atomic mass is 10.0. The van der Waals surface area contributed by atoms with E-state index in [2.05, 4.69) is 16.7 Å². The summed E-state index contributed by atoms with van der Waals surface area (Å²) in [5, 5.41) is 25.4. The van der Waals surface area contributed by atoms with Gasteiger partial charge in [-0.3, -0.25) is 4.79 Å². The Morgan fingerprint density at radius 1 is 1.31 bits per heavy atom. The fraction of sp³-hybridized carbons (Fsp3) is 0.600. The number of carbonyl (C=O) groups is 1. The Morgan fingerprint density at radius 3 is 2.50 bits per heavy atom. The van der Waals surface area contributed by atoms with Crippen molar-refractivity contribution in [2.24, 2.45) is 5.92 Å². The summed E-state index contributed by atoms with van der Waals surface area (Å²) in [6.07, 6.45) is 0.861. The second kappa shape index (κ2) is 10.1. The number of anilines is 1. The molecule has 0 bridgehead atoms. The van der Waals surface area contributed by atoms with Crippen molar-refractivity contribution < 1.29 is 14.6 Å². The van der Waals surface area contributed by atoms with Gasteiger partial charge in [-0.25, -0.2) is 0 Å². The normalized spacial score (nSPS) is 12.5. The molecule has 0 spiro atoms. The molecule has 0 saturated carbocycles. The zero-order valence-electron chi connectivity index (χ0n) is 16.4. The van der Waals surface area contributed by atoms with Gasteiger partial charge < -0.3 is 20.5 Å². The quantitative estimate of drug-likeness (QED) is 0.628. The van der Waals surface area contributed by atoms with Crippen LogP contribution in [0.1, 0.15) is 53.0 Å². The van der Waals surface area contributed by atoms with Gasteiger partial charge in [0.05, 0.1) is 5.56 Å². The fourth-order valence-electron chi connectivity index (χ4n) is 2.39. The standard InChI is InChI=1S/C20H31N3O3/c1-6-14(7-2)19(25)23-16-8-9-18(15(10-16)11-21)26-13-17(24)12-22-20(3,4)5/h8-10,14,17,22,24H,6-7,12-13H2,1-5H3,(H,23,25). The van der Waals surface area contributed by atoms with Gasteiger partial charge in [-0.1, -0.05) is 13.8 Å². The van der Waals surface area contributed by atoms with Crippen molar-refractivity contribution in [1.29, 1.82) is 5.26 Å². The number of nitrogens with zero attached hydrogens (tertiary/aromatic N) is 1. The van der Waals surface area contributed by atoms with Gasteiger partial charge in [0.2, 0.25) is 5.91 Å². The van der Waals surface area contributed by atoms with Crippen LogP contribution in [0.15, 0.2) is 18.2 Å². The van der Waals surface area contributed by atoms with Crippen LogP contribution in [0, 0.1) is 17.2 Å². The van der Waals surface area contributed by atoms with E-state index < -0.39 is 6.10 Å². The number of aliphatic hydroxyl groups excluding tert-OH is 1. The Hall–Kier alpha value is -2.10. The summed E-state index contributed by atoms with van der Waals surface area (Å²) in [5.74, 6) is 0.306. The molecule has 3 N–H and O–H groups in total. The number of hydrogen-bond acceptors (Lipinski definition) is 5. The Balaban J connectivity index is 2.69. The van der Waals surface area contributed by atoms with Gasteiger partial charge in [0.15, 0.2) is 0 Å². The molecule has 1 rings (SSSR count). The van der Waals surface area contributed by atoms with Crippen molar-refractivity contribution in [3.05, 3.63) is 23.8 Å². The summed E-state index contributed by atoms with van der Waals surface area (Å²) >= 11 is 0. The number of β-amino-alcohol motifs (C(OH)–C–C–N with tert-alkyl or cyclic N) is 1. The second-order valence-corrected chi connectivity index (χ2v) is 7.42. The maximum Gasteiger partial charge on any atom is 0.227 e. The van der Waals surface area contributed by atoms with Crippen LogP contribution in [0.25, 0.3) is 0 Å². The maximum atomic E-state index is 12.2. The number of carbonyl (C=O) groups excluding carboxylic acids is 1. The topological polar surface area (TPSA) is 94.4 Å². The summed E-state index contributed by atoms with van der Waals surface area (Å²) in [7, 11) is 0. The number of rotatable bonds is 9. The molecule has 26 heavy (non-hydrogen) atoms. The number of aliphatic hydroxyl groups is 1. The molecule has 0 radical (unpaired) electrons. The SMILES string of the molecule is CCC(CC)C(=O)Nc1ccc(OCC(O)CNC(C)(C)C)c(C#N)c1. The van der Waals surface area contributed by atoms with Crippen LogP contribution < -0.4 is 15.4 Å². The second-order valence-electron chi connectivity index (χ2n) is 7.42. The molecule has 0 fully saturated rings. The Morgan fingerprint density at radius 2 is 1.96 bits per heavy atom. The van der Waals surface area contributed by atoms with Gasteiger partial charge in [0.25, 0.3) is 0 Å². The molecule has 0 saturated heterocycles. The first-order valence-electron chi connectivity index (χ1n) is 9.11. The molecular formula is C20H31N3O3. The first kappa shape index (κ1) is 21.9. The highest BCUT2D eigenvalue weighted by molar-refractivity contribution is 5.92. The number of nitriles is 1. The summed E-state index contributed by atoms with van der Waals surface area (Å²) in [6.45, 7) is 10.5. The summed E-state index contributed by atoms with van der Waals surface area (Å²) in [5.41, 5.74) is 0.803. The summed E-state index contributed by atoms with van der Waals surface area (Å²) in [4.78, 5) is 12.2. The van der Waals surface area contributed by atoms with Gasteiger partial charge in [-0.15, -0.1) is 0 Å². The zero-order valence-corrected chi connectivity index (χ0v) is 16.4. The van der Waals surface area contributed by atoms with Gasteiger partial charge in [-0.2, -0.15) is 5.26 Å². The molecule has 1 aromatic carbocycles. The molecule has 0 aliphatic rings. The largest absolute Gasteiger partial charge is 0.489 e. The van der Waals surface area contributed by atoms with Gasteiger partial charge in [-0.05, 0) is 51.8 Å². The zero-order chi connectivity index (χ0) is 19.7. The third-order valence-corrected chi connectivity index (χ3v) is 4.02. The summed E-state index contributed by atoms with van der Waals surface area (Å²) in [6, 6.07) is 7.01. The third kappa shape index (κ3) is 7.42. The Kier molecular flexibility index (Phi) is 8.56. The van der Waals surface area contributed by atoms with E-state index in [0.29, 0.717) is 23.5 Å². The highest BCUT2D eigenvalue weighted by Crippen LogP contribution is 2.23. The monoisotopic (exact) mass is 361 g/mol. The van der Waals surface area contributed by atoms with Crippen LogP contribution in [-0.4, -0.2) is 35.8 Å². The number of hydrogen-bond donors (Lipinski definition) is 3. The van der Waals surface area contributed by atoms with Gasteiger partial charge in [0.1, 0.15) is 24.5 Å². The lowest BCUT2D eigenvalue weighted by Crippen LogP contribution is -2.42. The molecule has 1 amide bonds. The first-order chi connectivity index (χ1) is 12.2. The molecule has 6 nitrogen and oxygen atoms in total. The van der Waals surface area contributed by atoms with Gasteiger partial charge >= 0.3 is 0 Å². The summed E-state index contributed by atoms with van der Waals surface area (Å²) < 4.78 is 5.58.